The minimum absolute atomic E-state index is 0.122. The predicted octanol–water partition coefficient (Wildman–Crippen LogP) is -1.25. The van der Waals surface area contributed by atoms with Gasteiger partial charge in [-0.15, -0.1) is 11.6 Å². The second-order valence-corrected chi connectivity index (χ2v) is 9.44. The fourth-order valence-corrected chi connectivity index (χ4v) is 6.71. The van der Waals surface area contributed by atoms with Crippen LogP contribution in [0.4, 0.5) is 5.69 Å². The number of amides is 3. The number of primary amides is 2. The van der Waals surface area contributed by atoms with E-state index < -0.39 is 55.1 Å². The molecular formula is C17H21ClI3N3O11. The number of nitrogens with two attached hydrogens (primary N) is 2. The van der Waals surface area contributed by atoms with E-state index in [4.69, 9.17) is 32.0 Å². The number of anilines is 1. The highest BCUT2D eigenvalue weighted by atomic mass is 127. The Bertz CT molecular complexity index is 904. The summed E-state index contributed by atoms with van der Waals surface area (Å²) in [6.07, 6.45) is -2.81. The molecule has 14 nitrogen and oxygen atoms in total. The number of hydrogen-bond donors (Lipinski definition) is 8. The van der Waals surface area contributed by atoms with Crippen LogP contribution in [-0.2, 0) is 14.4 Å². The van der Waals surface area contributed by atoms with E-state index in [1.807, 2.05) is 0 Å². The summed E-state index contributed by atoms with van der Waals surface area (Å²) in [6, 6.07) is 0. The normalized spacial score (nSPS) is 11.6. The Balaban J connectivity index is 0. The Morgan fingerprint density at radius 3 is 1.31 bits per heavy atom. The summed E-state index contributed by atoms with van der Waals surface area (Å²) in [5, 5.41) is 51.0. The average Bonchev–Trinajstić information content (AvgIpc) is 2.77. The molecule has 18 heteroatoms. The molecule has 10 N–H and O–H groups in total. The van der Waals surface area contributed by atoms with Crippen molar-refractivity contribution in [2.24, 2.45) is 11.5 Å². The van der Waals surface area contributed by atoms with Gasteiger partial charge in [0.15, 0.2) is 12.2 Å². The summed E-state index contributed by atoms with van der Waals surface area (Å²) in [4.78, 5) is 55.2. The first-order chi connectivity index (χ1) is 16.0. The van der Waals surface area contributed by atoms with Gasteiger partial charge in [0.1, 0.15) is 5.88 Å². The number of nitrogens with zero attached hydrogens (tertiary/aromatic N) is 1. The SMILES string of the molecule is CN(C(=O)CCl)c1c(I)c(C(=O)O)c(I)c(C(=O)O)c1I.NC(=O)C(O)CO.NC(=O)C(O)CO. The molecule has 35 heavy (non-hydrogen) atoms. The van der Waals surface area contributed by atoms with Crippen molar-refractivity contribution in [3.63, 3.8) is 0 Å². The van der Waals surface area contributed by atoms with Crippen molar-refractivity contribution in [3.8, 4) is 0 Å². The fraction of sp³-hybridized carbons (Fsp3) is 0.353. The summed E-state index contributed by atoms with van der Waals surface area (Å²) in [7, 11) is 1.43. The molecule has 1 rings (SSSR count). The maximum Gasteiger partial charge on any atom is 0.337 e. The summed E-state index contributed by atoms with van der Waals surface area (Å²) in [6.45, 7) is -1.20. The molecule has 0 saturated heterocycles. The zero-order valence-corrected chi connectivity index (χ0v) is 24.8. The van der Waals surface area contributed by atoms with Gasteiger partial charge in [-0.25, -0.2) is 9.59 Å². The van der Waals surface area contributed by atoms with E-state index in [1.54, 1.807) is 67.8 Å². The van der Waals surface area contributed by atoms with Gasteiger partial charge in [-0.2, -0.15) is 0 Å². The lowest BCUT2D eigenvalue weighted by Gasteiger charge is -2.23. The highest BCUT2D eigenvalue weighted by molar-refractivity contribution is 14.1. The summed E-state index contributed by atoms with van der Waals surface area (Å²) >= 11 is 10.8. The molecule has 0 aliphatic heterocycles. The molecule has 0 bridgehead atoms. The number of hydrogen-bond acceptors (Lipinski definition) is 9. The zero-order valence-electron chi connectivity index (χ0n) is 17.6. The molecule has 0 fully saturated rings. The lowest BCUT2D eigenvalue weighted by Crippen LogP contribution is -2.30. The number of rotatable bonds is 8. The van der Waals surface area contributed by atoms with Crippen LogP contribution in [0.3, 0.4) is 0 Å². The highest BCUT2D eigenvalue weighted by Crippen LogP contribution is 2.37. The molecule has 0 aliphatic carbocycles. The van der Waals surface area contributed by atoms with Crippen LogP contribution in [-0.4, -0.2) is 98.6 Å². The van der Waals surface area contributed by atoms with Crippen molar-refractivity contribution in [1.29, 1.82) is 0 Å². The van der Waals surface area contributed by atoms with Gasteiger partial charge in [0.05, 0.1) is 37.2 Å². The highest BCUT2D eigenvalue weighted by Gasteiger charge is 2.30. The Morgan fingerprint density at radius 1 is 0.829 bits per heavy atom. The van der Waals surface area contributed by atoms with Gasteiger partial charge in [-0.05, 0) is 67.8 Å². The summed E-state index contributed by atoms with van der Waals surface area (Å²) in [5.41, 5.74) is 8.95. The lowest BCUT2D eigenvalue weighted by atomic mass is 10.1. The van der Waals surface area contributed by atoms with Crippen LogP contribution < -0.4 is 16.4 Å². The molecule has 2 unspecified atom stereocenters. The van der Waals surface area contributed by atoms with Crippen LogP contribution in [0, 0.1) is 10.7 Å². The van der Waals surface area contributed by atoms with Crippen LogP contribution in [0.25, 0.3) is 0 Å². The number of benzene rings is 1. The third-order valence-corrected chi connectivity index (χ3v) is 6.96. The third kappa shape index (κ3) is 11.2. The molecule has 1 aromatic rings. The minimum atomic E-state index is -1.40. The number of alkyl halides is 1. The monoisotopic (exact) mass is 859 g/mol. The van der Waals surface area contributed by atoms with Gasteiger partial charge in [-0.3, -0.25) is 14.4 Å². The van der Waals surface area contributed by atoms with Crippen LogP contribution in [0.15, 0.2) is 0 Å². The molecule has 3 amide bonds. The maximum atomic E-state index is 11.8. The van der Waals surface area contributed by atoms with Crippen LogP contribution in [0.2, 0.25) is 0 Å². The van der Waals surface area contributed by atoms with Crippen LogP contribution in [0.5, 0.6) is 0 Å². The number of aliphatic hydroxyl groups excluding tert-OH is 4. The molecule has 0 aromatic heterocycles. The number of halogens is 4. The van der Waals surface area contributed by atoms with Crippen LogP contribution >= 0.6 is 79.4 Å². The van der Waals surface area contributed by atoms with E-state index in [2.05, 4.69) is 11.5 Å². The maximum absolute atomic E-state index is 11.8. The first-order valence-corrected chi connectivity index (χ1v) is 12.4. The lowest BCUT2D eigenvalue weighted by molar-refractivity contribution is -0.128. The average molecular weight is 860 g/mol. The van der Waals surface area contributed by atoms with Crippen molar-refractivity contribution < 1.29 is 54.6 Å². The van der Waals surface area contributed by atoms with Gasteiger partial charge < -0.3 is 47.0 Å². The number of carboxylic acid groups (broad SMARTS) is 2. The van der Waals surface area contributed by atoms with Gasteiger partial charge in [-0.1, -0.05) is 0 Å². The zero-order chi connectivity index (χ0) is 28.2. The molecule has 198 valence electrons. The first kappa shape index (κ1) is 36.0. The minimum Gasteiger partial charge on any atom is -0.478 e. The predicted molar refractivity (Wildman–Crippen MR) is 147 cm³/mol. The Kier molecular flexibility index (Phi) is 17.9. The van der Waals surface area contributed by atoms with E-state index >= 15 is 0 Å². The second kappa shape index (κ2) is 17.4. The molecule has 1 aromatic carbocycles. The topological polar surface area (TPSA) is 262 Å². The molecule has 0 radical (unpaired) electrons. The Labute approximate surface area is 244 Å². The van der Waals surface area contributed by atoms with Gasteiger partial charge in [0, 0.05) is 10.6 Å². The number of aliphatic hydroxyl groups is 4. The smallest absolute Gasteiger partial charge is 0.337 e. The van der Waals surface area contributed by atoms with E-state index in [0.29, 0.717) is 7.14 Å². The first-order valence-electron chi connectivity index (χ1n) is 8.67. The molecule has 0 heterocycles. The molecular weight excluding hydrogens is 838 g/mol. The molecule has 0 aliphatic rings. The van der Waals surface area contributed by atoms with Gasteiger partial charge >= 0.3 is 11.9 Å². The number of carbonyl (C=O) groups is 5. The summed E-state index contributed by atoms with van der Waals surface area (Å²) < 4.78 is 0.705. The fourth-order valence-electron chi connectivity index (χ4n) is 1.72. The van der Waals surface area contributed by atoms with Crippen molar-refractivity contribution in [3.05, 3.63) is 21.8 Å². The van der Waals surface area contributed by atoms with E-state index in [1.165, 1.54) is 11.9 Å². The molecule has 2 atom stereocenters. The van der Waals surface area contributed by atoms with Gasteiger partial charge in [0.25, 0.3) is 0 Å². The standard InChI is InChI=1S/C11H7ClI3NO5.2C3H7NO3/c1-16(3(17)2-12)9-7(14)4(10(18)19)6(13)5(8(9)15)11(20)21;2*4-3(7)2(6)1-5/h2H2,1H3,(H,18,19)(H,20,21);2*2,5-6H,1H2,(H2,4,7). The van der Waals surface area contributed by atoms with Crippen LogP contribution in [0.1, 0.15) is 20.7 Å². The van der Waals surface area contributed by atoms with Crippen molar-refractivity contribution in [1.82, 2.24) is 0 Å². The molecule has 0 spiro atoms. The quantitative estimate of drug-likeness (QED) is 0.113. The largest absolute Gasteiger partial charge is 0.478 e. The number of aromatic carboxylic acids is 2. The Morgan fingerprint density at radius 2 is 1.14 bits per heavy atom. The van der Waals surface area contributed by atoms with Crippen molar-refractivity contribution in [2.75, 3.05) is 31.0 Å². The number of carboxylic acids is 2. The van der Waals surface area contributed by atoms with E-state index in [0.717, 1.165) is 0 Å². The van der Waals surface area contributed by atoms with E-state index in [-0.39, 0.29) is 26.3 Å². The Hall–Kier alpha value is -1.11. The van der Waals surface area contributed by atoms with Crippen molar-refractivity contribution in [2.45, 2.75) is 12.2 Å². The third-order valence-electron chi connectivity index (χ3n) is 3.55. The van der Waals surface area contributed by atoms with Gasteiger partial charge in [0.2, 0.25) is 17.7 Å². The van der Waals surface area contributed by atoms with E-state index in [9.17, 15) is 34.2 Å². The summed E-state index contributed by atoms with van der Waals surface area (Å²) in [5.74, 6) is -5.06. The molecule has 0 saturated carbocycles. The van der Waals surface area contributed by atoms with Crippen molar-refractivity contribution >= 4 is 115 Å². The number of carbonyl (C=O) groups excluding carboxylic acids is 3. The second-order valence-electron chi connectivity index (χ2n) is 5.94.